The minimum absolute atomic E-state index is 0.0182. The van der Waals surface area contributed by atoms with Gasteiger partial charge in [-0.15, -0.1) is 0 Å². The Kier molecular flexibility index (Phi) is 3.46. The molecule has 1 aliphatic heterocycles. The number of hydrogen-bond acceptors (Lipinski definition) is 1. The maximum Gasteiger partial charge on any atom is 0.254 e. The van der Waals surface area contributed by atoms with Gasteiger partial charge in [0.1, 0.15) is 5.82 Å². The van der Waals surface area contributed by atoms with Crippen LogP contribution in [0.2, 0.25) is 0 Å². The third-order valence-electron chi connectivity index (χ3n) is 3.52. The molecule has 1 aromatic rings. The highest BCUT2D eigenvalue weighted by Gasteiger charge is 2.29. The molecule has 1 heterocycles. The zero-order valence-electron chi connectivity index (χ0n) is 10.3. The Morgan fingerprint density at radius 1 is 1.18 bits per heavy atom. The summed E-state index contributed by atoms with van der Waals surface area (Å²) >= 11 is 0. The van der Waals surface area contributed by atoms with Crippen LogP contribution in [0.1, 0.15) is 43.5 Å². The number of likely N-dealkylation sites (tertiary alicyclic amines) is 1. The summed E-state index contributed by atoms with van der Waals surface area (Å²) in [5.41, 5.74) is 0.576. The lowest BCUT2D eigenvalue weighted by Crippen LogP contribution is -2.47. The Bertz CT molecular complexity index is 391. The fourth-order valence-electron chi connectivity index (χ4n) is 2.56. The summed E-state index contributed by atoms with van der Waals surface area (Å²) in [7, 11) is 0. The minimum atomic E-state index is -0.304. The first-order chi connectivity index (χ1) is 8.09. The van der Waals surface area contributed by atoms with Crippen molar-refractivity contribution in [3.8, 4) is 0 Å². The van der Waals surface area contributed by atoms with Gasteiger partial charge in [-0.2, -0.15) is 0 Å². The molecule has 2 atom stereocenters. The van der Waals surface area contributed by atoms with Crippen LogP contribution in [0, 0.1) is 5.82 Å². The summed E-state index contributed by atoms with van der Waals surface area (Å²) in [6.45, 7) is 4.16. The molecule has 0 bridgehead atoms. The van der Waals surface area contributed by atoms with E-state index in [4.69, 9.17) is 0 Å². The summed E-state index contributed by atoms with van der Waals surface area (Å²) < 4.78 is 12.8. The predicted molar refractivity (Wildman–Crippen MR) is 65.3 cm³/mol. The van der Waals surface area contributed by atoms with E-state index in [0.29, 0.717) is 5.56 Å². The maximum atomic E-state index is 12.8. The van der Waals surface area contributed by atoms with Gasteiger partial charge in [0.25, 0.3) is 5.91 Å². The Morgan fingerprint density at radius 3 is 2.24 bits per heavy atom. The number of carbonyl (C=O) groups is 1. The van der Waals surface area contributed by atoms with Gasteiger partial charge in [-0.05, 0) is 57.4 Å². The number of amides is 1. The van der Waals surface area contributed by atoms with Crippen LogP contribution in [-0.2, 0) is 0 Å². The summed E-state index contributed by atoms with van der Waals surface area (Å²) in [5, 5.41) is 0. The highest BCUT2D eigenvalue weighted by atomic mass is 19.1. The summed E-state index contributed by atoms with van der Waals surface area (Å²) in [6, 6.07) is 6.35. The average molecular weight is 235 g/mol. The minimum Gasteiger partial charge on any atom is -0.333 e. The van der Waals surface area contributed by atoms with Crippen LogP contribution in [0.4, 0.5) is 4.39 Å². The van der Waals surface area contributed by atoms with Gasteiger partial charge in [-0.25, -0.2) is 4.39 Å². The molecule has 1 fully saturated rings. The molecule has 0 spiro atoms. The first kappa shape index (κ1) is 12.1. The number of halogens is 1. The zero-order chi connectivity index (χ0) is 12.4. The fourth-order valence-corrected chi connectivity index (χ4v) is 2.56. The average Bonchev–Trinajstić information content (AvgIpc) is 2.29. The lowest BCUT2D eigenvalue weighted by molar-refractivity contribution is 0.0510. The molecular weight excluding hydrogens is 217 g/mol. The number of carbonyl (C=O) groups excluding carboxylic acids is 1. The van der Waals surface area contributed by atoms with Crippen molar-refractivity contribution >= 4 is 5.91 Å². The van der Waals surface area contributed by atoms with E-state index in [2.05, 4.69) is 13.8 Å². The number of rotatable bonds is 1. The molecule has 0 saturated carbocycles. The molecule has 0 unspecified atom stereocenters. The van der Waals surface area contributed by atoms with E-state index < -0.39 is 0 Å². The van der Waals surface area contributed by atoms with Crippen molar-refractivity contribution in [2.24, 2.45) is 0 Å². The number of nitrogens with zero attached hydrogens (tertiary/aromatic N) is 1. The quantitative estimate of drug-likeness (QED) is 0.731. The molecule has 1 saturated heterocycles. The van der Waals surface area contributed by atoms with E-state index in [9.17, 15) is 9.18 Å². The SMILES string of the molecule is C[C@H]1CCC[C@H](C)N1C(=O)c1ccc(F)cc1. The second-order valence-corrected chi connectivity index (χ2v) is 4.85. The van der Waals surface area contributed by atoms with Crippen molar-refractivity contribution in [1.82, 2.24) is 4.90 Å². The molecule has 0 aromatic heterocycles. The Morgan fingerprint density at radius 2 is 1.71 bits per heavy atom. The van der Waals surface area contributed by atoms with Crippen molar-refractivity contribution in [2.75, 3.05) is 0 Å². The van der Waals surface area contributed by atoms with E-state index in [-0.39, 0.29) is 23.8 Å². The van der Waals surface area contributed by atoms with Crippen LogP contribution < -0.4 is 0 Å². The van der Waals surface area contributed by atoms with Crippen LogP contribution in [0.25, 0.3) is 0 Å². The molecule has 1 amide bonds. The van der Waals surface area contributed by atoms with E-state index in [1.807, 2.05) is 4.90 Å². The lowest BCUT2D eigenvalue weighted by atomic mass is 9.96. The predicted octanol–water partition coefficient (Wildman–Crippen LogP) is 3.23. The Hall–Kier alpha value is -1.38. The second-order valence-electron chi connectivity index (χ2n) is 4.85. The fraction of sp³-hybridized carbons (Fsp3) is 0.500. The normalized spacial score (nSPS) is 24.8. The first-order valence-corrected chi connectivity index (χ1v) is 6.18. The molecular formula is C14H18FNO. The van der Waals surface area contributed by atoms with Crippen molar-refractivity contribution in [3.05, 3.63) is 35.6 Å². The van der Waals surface area contributed by atoms with Crippen LogP contribution in [0.5, 0.6) is 0 Å². The van der Waals surface area contributed by atoms with E-state index in [1.54, 1.807) is 12.1 Å². The Balaban J connectivity index is 2.20. The molecule has 1 aromatic carbocycles. The summed E-state index contributed by atoms with van der Waals surface area (Å²) in [6.07, 6.45) is 3.28. The molecule has 17 heavy (non-hydrogen) atoms. The molecule has 2 rings (SSSR count). The van der Waals surface area contributed by atoms with E-state index in [0.717, 1.165) is 12.8 Å². The van der Waals surface area contributed by atoms with Crippen molar-refractivity contribution in [1.29, 1.82) is 0 Å². The van der Waals surface area contributed by atoms with Crippen LogP contribution in [-0.4, -0.2) is 22.9 Å². The summed E-state index contributed by atoms with van der Waals surface area (Å²) in [5.74, 6) is -0.286. The number of hydrogen-bond donors (Lipinski definition) is 0. The molecule has 0 aliphatic carbocycles. The first-order valence-electron chi connectivity index (χ1n) is 6.18. The highest BCUT2D eigenvalue weighted by Crippen LogP contribution is 2.24. The van der Waals surface area contributed by atoms with Crippen LogP contribution in [0.15, 0.2) is 24.3 Å². The van der Waals surface area contributed by atoms with E-state index in [1.165, 1.54) is 18.6 Å². The van der Waals surface area contributed by atoms with Crippen molar-refractivity contribution in [3.63, 3.8) is 0 Å². The smallest absolute Gasteiger partial charge is 0.254 e. The third kappa shape index (κ3) is 2.48. The second kappa shape index (κ2) is 4.86. The zero-order valence-corrected chi connectivity index (χ0v) is 10.3. The molecule has 0 radical (unpaired) electrons. The van der Waals surface area contributed by atoms with Gasteiger partial charge in [0, 0.05) is 17.6 Å². The maximum absolute atomic E-state index is 12.8. The van der Waals surface area contributed by atoms with Crippen LogP contribution >= 0.6 is 0 Å². The largest absolute Gasteiger partial charge is 0.333 e. The van der Waals surface area contributed by atoms with E-state index >= 15 is 0 Å². The van der Waals surface area contributed by atoms with Gasteiger partial charge in [0.05, 0.1) is 0 Å². The molecule has 2 nitrogen and oxygen atoms in total. The number of piperidine rings is 1. The van der Waals surface area contributed by atoms with Gasteiger partial charge in [-0.3, -0.25) is 4.79 Å². The monoisotopic (exact) mass is 235 g/mol. The van der Waals surface area contributed by atoms with Crippen molar-refractivity contribution < 1.29 is 9.18 Å². The molecule has 3 heteroatoms. The number of benzene rings is 1. The highest BCUT2D eigenvalue weighted by molar-refractivity contribution is 5.94. The molecule has 1 aliphatic rings. The summed E-state index contributed by atoms with van der Waals surface area (Å²) in [4.78, 5) is 14.3. The third-order valence-corrected chi connectivity index (χ3v) is 3.52. The van der Waals surface area contributed by atoms with Crippen molar-refractivity contribution in [2.45, 2.75) is 45.2 Å². The standard InChI is InChI=1S/C14H18FNO/c1-10-4-3-5-11(2)16(10)14(17)12-6-8-13(15)9-7-12/h6-11H,3-5H2,1-2H3/t10-,11-/m0/s1. The van der Waals surface area contributed by atoms with Gasteiger partial charge in [-0.1, -0.05) is 0 Å². The van der Waals surface area contributed by atoms with Crippen LogP contribution in [0.3, 0.4) is 0 Å². The lowest BCUT2D eigenvalue weighted by Gasteiger charge is -2.39. The van der Waals surface area contributed by atoms with Gasteiger partial charge in [0.15, 0.2) is 0 Å². The van der Waals surface area contributed by atoms with Gasteiger partial charge >= 0.3 is 0 Å². The molecule has 0 N–H and O–H groups in total. The Labute approximate surface area is 101 Å². The van der Waals surface area contributed by atoms with Gasteiger partial charge in [0.2, 0.25) is 0 Å². The topological polar surface area (TPSA) is 20.3 Å². The molecule has 92 valence electrons. The van der Waals surface area contributed by atoms with Gasteiger partial charge < -0.3 is 4.90 Å².